The number of aliphatic hydroxyl groups excluding tert-OH is 1. The van der Waals surface area contributed by atoms with Gasteiger partial charge in [-0.05, 0) is 31.0 Å². The van der Waals surface area contributed by atoms with E-state index in [-0.39, 0.29) is 17.6 Å². The minimum atomic E-state index is -0.589. The van der Waals surface area contributed by atoms with Crippen molar-refractivity contribution in [1.29, 1.82) is 0 Å². The van der Waals surface area contributed by atoms with Crippen LogP contribution in [0.4, 0.5) is 4.39 Å². The number of carbonyl (C=O) groups excluding carboxylic acids is 1. The van der Waals surface area contributed by atoms with Crippen molar-refractivity contribution in [2.24, 2.45) is 5.41 Å². The maximum absolute atomic E-state index is 13.6. The Labute approximate surface area is 123 Å². The van der Waals surface area contributed by atoms with Crippen LogP contribution in [0.15, 0.2) is 18.2 Å². The van der Waals surface area contributed by atoms with Gasteiger partial charge >= 0.3 is 0 Å². The molecular formula is C15H19ClFNO2. The van der Waals surface area contributed by atoms with Gasteiger partial charge in [0, 0.05) is 17.0 Å². The van der Waals surface area contributed by atoms with E-state index in [2.05, 4.69) is 5.32 Å². The van der Waals surface area contributed by atoms with Crippen LogP contribution in [0.3, 0.4) is 0 Å². The van der Waals surface area contributed by atoms with Crippen LogP contribution in [0, 0.1) is 11.2 Å². The van der Waals surface area contributed by atoms with Gasteiger partial charge in [-0.3, -0.25) is 4.79 Å². The maximum Gasteiger partial charge on any atom is 0.254 e. The molecule has 0 saturated heterocycles. The summed E-state index contributed by atoms with van der Waals surface area (Å²) >= 11 is 5.78. The second-order valence-electron chi connectivity index (χ2n) is 5.53. The molecule has 0 spiro atoms. The van der Waals surface area contributed by atoms with E-state index < -0.39 is 11.7 Å². The van der Waals surface area contributed by atoms with Crippen molar-refractivity contribution in [2.75, 3.05) is 13.2 Å². The lowest BCUT2D eigenvalue weighted by Gasteiger charge is -2.35. The SMILES string of the molecule is O=C(NCC1(CO)CCCCC1)c1cc(Cl)ccc1F. The summed E-state index contributed by atoms with van der Waals surface area (Å²) in [5.74, 6) is -1.07. The predicted octanol–water partition coefficient (Wildman–Crippen LogP) is 3.15. The summed E-state index contributed by atoms with van der Waals surface area (Å²) in [7, 11) is 0. The van der Waals surface area contributed by atoms with Crippen LogP contribution in [0.25, 0.3) is 0 Å². The first-order chi connectivity index (χ1) is 9.56. The molecule has 1 aliphatic carbocycles. The number of hydrogen-bond acceptors (Lipinski definition) is 2. The van der Waals surface area contributed by atoms with Crippen LogP contribution in [-0.4, -0.2) is 24.2 Å². The molecule has 0 radical (unpaired) electrons. The van der Waals surface area contributed by atoms with Crippen molar-refractivity contribution in [3.05, 3.63) is 34.6 Å². The molecule has 1 fully saturated rings. The number of hydrogen-bond donors (Lipinski definition) is 2. The van der Waals surface area contributed by atoms with E-state index in [1.165, 1.54) is 24.6 Å². The van der Waals surface area contributed by atoms with Gasteiger partial charge in [0.05, 0.1) is 12.2 Å². The smallest absolute Gasteiger partial charge is 0.254 e. The highest BCUT2D eigenvalue weighted by Gasteiger charge is 2.32. The van der Waals surface area contributed by atoms with Crippen LogP contribution in [0.1, 0.15) is 42.5 Å². The molecule has 0 aliphatic heterocycles. The number of carbonyl (C=O) groups is 1. The molecule has 1 aliphatic rings. The van der Waals surface area contributed by atoms with Crippen molar-refractivity contribution in [3.63, 3.8) is 0 Å². The lowest BCUT2D eigenvalue weighted by atomic mass is 9.74. The highest BCUT2D eigenvalue weighted by Crippen LogP contribution is 2.35. The van der Waals surface area contributed by atoms with Crippen molar-refractivity contribution >= 4 is 17.5 Å². The number of aliphatic hydroxyl groups is 1. The number of amides is 1. The molecule has 5 heteroatoms. The van der Waals surface area contributed by atoms with E-state index in [0.29, 0.717) is 11.6 Å². The van der Waals surface area contributed by atoms with Gasteiger partial charge in [-0.25, -0.2) is 4.39 Å². The molecule has 0 aromatic heterocycles. The summed E-state index contributed by atoms with van der Waals surface area (Å²) in [4.78, 5) is 12.0. The maximum atomic E-state index is 13.6. The van der Waals surface area contributed by atoms with E-state index in [1.807, 2.05) is 0 Å². The first-order valence-corrected chi connectivity index (χ1v) is 7.28. The normalized spacial score (nSPS) is 17.8. The quantitative estimate of drug-likeness (QED) is 0.897. The van der Waals surface area contributed by atoms with Gasteiger partial charge in [0.15, 0.2) is 0 Å². The zero-order valence-electron chi connectivity index (χ0n) is 11.3. The Morgan fingerprint density at radius 2 is 2.05 bits per heavy atom. The van der Waals surface area contributed by atoms with Gasteiger partial charge in [0.1, 0.15) is 5.82 Å². The summed E-state index contributed by atoms with van der Waals surface area (Å²) in [6, 6.07) is 3.91. The van der Waals surface area contributed by atoms with E-state index in [0.717, 1.165) is 25.7 Å². The minimum Gasteiger partial charge on any atom is -0.396 e. The molecule has 110 valence electrons. The number of benzene rings is 1. The summed E-state index contributed by atoms with van der Waals surface area (Å²) in [6.07, 6.45) is 5.06. The Balaban J connectivity index is 2.02. The third-order valence-electron chi connectivity index (χ3n) is 4.05. The molecule has 0 bridgehead atoms. The summed E-state index contributed by atoms with van der Waals surface area (Å²) < 4.78 is 13.6. The summed E-state index contributed by atoms with van der Waals surface area (Å²) in [5, 5.41) is 12.6. The Hall–Kier alpha value is -1.13. The molecule has 2 N–H and O–H groups in total. The Kier molecular flexibility index (Phi) is 5.00. The number of nitrogens with one attached hydrogen (secondary N) is 1. The predicted molar refractivity (Wildman–Crippen MR) is 76.3 cm³/mol. The highest BCUT2D eigenvalue weighted by atomic mass is 35.5. The highest BCUT2D eigenvalue weighted by molar-refractivity contribution is 6.30. The van der Waals surface area contributed by atoms with E-state index in [4.69, 9.17) is 11.6 Å². The summed E-state index contributed by atoms with van der Waals surface area (Å²) in [6.45, 7) is 0.416. The third-order valence-corrected chi connectivity index (χ3v) is 4.28. The standard InChI is InChI=1S/C15H19ClFNO2/c16-11-4-5-13(17)12(8-11)14(20)18-9-15(10-19)6-2-1-3-7-15/h4-5,8,19H,1-3,6-7,9-10H2,(H,18,20). The fourth-order valence-corrected chi connectivity index (χ4v) is 2.90. The largest absolute Gasteiger partial charge is 0.396 e. The molecule has 20 heavy (non-hydrogen) atoms. The average Bonchev–Trinajstić information content (AvgIpc) is 2.48. The minimum absolute atomic E-state index is 0.0469. The van der Waals surface area contributed by atoms with E-state index in [1.54, 1.807) is 0 Å². The monoisotopic (exact) mass is 299 g/mol. The second-order valence-corrected chi connectivity index (χ2v) is 5.96. The van der Waals surface area contributed by atoms with Crippen LogP contribution in [0.2, 0.25) is 5.02 Å². The second kappa shape index (κ2) is 6.55. The van der Waals surface area contributed by atoms with Crippen LogP contribution < -0.4 is 5.32 Å². The lowest BCUT2D eigenvalue weighted by Crippen LogP contribution is -2.41. The molecule has 0 heterocycles. The van der Waals surface area contributed by atoms with Crippen molar-refractivity contribution < 1.29 is 14.3 Å². The molecule has 3 nitrogen and oxygen atoms in total. The van der Waals surface area contributed by atoms with Gasteiger partial charge in [-0.15, -0.1) is 0 Å². The third kappa shape index (κ3) is 3.49. The molecule has 1 aromatic carbocycles. The average molecular weight is 300 g/mol. The molecule has 1 saturated carbocycles. The fraction of sp³-hybridized carbons (Fsp3) is 0.533. The summed E-state index contributed by atoms with van der Waals surface area (Å²) in [5.41, 5.74) is -0.315. The molecule has 1 amide bonds. The Bertz CT molecular complexity index is 487. The van der Waals surface area contributed by atoms with Gasteiger partial charge in [-0.2, -0.15) is 0 Å². The molecule has 0 unspecified atom stereocenters. The first kappa shape index (κ1) is 15.3. The van der Waals surface area contributed by atoms with Crippen molar-refractivity contribution in [3.8, 4) is 0 Å². The van der Waals surface area contributed by atoms with Gasteiger partial charge < -0.3 is 10.4 Å². The van der Waals surface area contributed by atoms with Crippen molar-refractivity contribution in [1.82, 2.24) is 5.32 Å². The first-order valence-electron chi connectivity index (χ1n) is 6.90. The van der Waals surface area contributed by atoms with Crippen LogP contribution in [-0.2, 0) is 0 Å². The molecule has 2 rings (SSSR count). The zero-order valence-corrected chi connectivity index (χ0v) is 12.0. The molecular weight excluding hydrogens is 281 g/mol. The topological polar surface area (TPSA) is 49.3 Å². The fourth-order valence-electron chi connectivity index (χ4n) is 2.73. The van der Waals surface area contributed by atoms with Gasteiger partial charge in [0.2, 0.25) is 0 Å². The molecule has 1 aromatic rings. The lowest BCUT2D eigenvalue weighted by molar-refractivity contribution is 0.0716. The van der Waals surface area contributed by atoms with Gasteiger partial charge in [0.25, 0.3) is 5.91 Å². The Morgan fingerprint density at radius 1 is 1.35 bits per heavy atom. The number of halogens is 2. The van der Waals surface area contributed by atoms with Crippen LogP contribution >= 0.6 is 11.6 Å². The van der Waals surface area contributed by atoms with E-state index >= 15 is 0 Å². The van der Waals surface area contributed by atoms with Gasteiger partial charge in [-0.1, -0.05) is 30.9 Å². The zero-order chi connectivity index (χ0) is 14.6. The van der Waals surface area contributed by atoms with E-state index in [9.17, 15) is 14.3 Å². The number of rotatable bonds is 4. The Morgan fingerprint density at radius 3 is 2.70 bits per heavy atom. The molecule has 0 atom stereocenters. The van der Waals surface area contributed by atoms with Crippen LogP contribution in [0.5, 0.6) is 0 Å². The van der Waals surface area contributed by atoms with Crippen molar-refractivity contribution in [2.45, 2.75) is 32.1 Å².